The predicted molar refractivity (Wildman–Crippen MR) is 104 cm³/mol. The third kappa shape index (κ3) is 4.80. The van der Waals surface area contributed by atoms with Gasteiger partial charge in [0.25, 0.3) is 0 Å². The smallest absolute Gasteiger partial charge is 0.304 e. The number of carboxylic acid groups (broad SMARTS) is 1. The van der Waals surface area contributed by atoms with E-state index in [1.165, 1.54) is 0 Å². The zero-order chi connectivity index (χ0) is 18.5. The topological polar surface area (TPSA) is 115 Å². The van der Waals surface area contributed by atoms with Crippen LogP contribution in [0.1, 0.15) is 24.8 Å². The Morgan fingerprint density at radius 1 is 1.35 bits per heavy atom. The molecule has 0 amide bonds. The molecule has 0 radical (unpaired) electrons. The number of anilines is 1. The van der Waals surface area contributed by atoms with Crippen LogP contribution in [-0.4, -0.2) is 52.5 Å². The maximum atomic E-state index is 10.7. The van der Waals surface area contributed by atoms with Crippen LogP contribution < -0.4 is 11.1 Å². The Balaban J connectivity index is 1.53. The van der Waals surface area contributed by atoms with E-state index in [0.717, 1.165) is 42.3 Å². The first-order chi connectivity index (χ1) is 12.5. The number of benzene rings is 1. The molecule has 138 valence electrons. The standard InChI is InChI=1S/C18H23N5O2S/c19-17(20)13-3-1-12(2-4-13)15-11-26-18(22-15)21-14-5-8-23(9-6-14)10-7-16(24)25/h1-4,11,14H,5-10H2,(H3,19,20)(H,21,22)(H,24,25). The number of piperidine rings is 1. The van der Waals surface area contributed by atoms with Crippen LogP contribution in [0.15, 0.2) is 29.6 Å². The quantitative estimate of drug-likeness (QED) is 0.438. The van der Waals surface area contributed by atoms with Gasteiger partial charge in [0.2, 0.25) is 0 Å². The number of carbonyl (C=O) groups is 1. The second-order valence-electron chi connectivity index (χ2n) is 6.43. The molecule has 1 aliphatic heterocycles. The van der Waals surface area contributed by atoms with Gasteiger partial charge in [-0.15, -0.1) is 11.3 Å². The summed E-state index contributed by atoms with van der Waals surface area (Å²) >= 11 is 1.58. The zero-order valence-corrected chi connectivity index (χ0v) is 15.3. The number of nitrogen functional groups attached to an aromatic ring is 1. The molecule has 8 heteroatoms. The van der Waals surface area contributed by atoms with Crippen molar-refractivity contribution in [2.24, 2.45) is 5.73 Å². The van der Waals surface area contributed by atoms with E-state index in [1.807, 2.05) is 29.6 Å². The van der Waals surface area contributed by atoms with Crippen molar-refractivity contribution in [1.29, 1.82) is 5.41 Å². The summed E-state index contributed by atoms with van der Waals surface area (Å²) in [7, 11) is 0. The van der Waals surface area contributed by atoms with Crippen molar-refractivity contribution in [1.82, 2.24) is 9.88 Å². The van der Waals surface area contributed by atoms with Crippen molar-refractivity contribution >= 4 is 28.3 Å². The summed E-state index contributed by atoms with van der Waals surface area (Å²) < 4.78 is 0. The normalized spacial score (nSPS) is 15.7. The van der Waals surface area contributed by atoms with Crippen LogP contribution in [-0.2, 0) is 4.79 Å². The number of hydrogen-bond donors (Lipinski definition) is 4. The first-order valence-corrected chi connectivity index (χ1v) is 9.50. The van der Waals surface area contributed by atoms with E-state index in [2.05, 4.69) is 15.2 Å². The van der Waals surface area contributed by atoms with E-state index in [1.54, 1.807) is 11.3 Å². The van der Waals surface area contributed by atoms with Gasteiger partial charge in [0.15, 0.2) is 5.13 Å². The maximum absolute atomic E-state index is 10.7. The summed E-state index contributed by atoms with van der Waals surface area (Å²) in [5, 5.41) is 22.6. The number of hydrogen-bond acceptors (Lipinski definition) is 6. The molecule has 1 aromatic carbocycles. The Labute approximate surface area is 156 Å². The fraction of sp³-hybridized carbons (Fsp3) is 0.389. The third-order valence-electron chi connectivity index (χ3n) is 4.55. The molecule has 2 aromatic rings. The van der Waals surface area contributed by atoms with Crippen molar-refractivity contribution in [2.75, 3.05) is 25.0 Å². The van der Waals surface area contributed by atoms with Crippen LogP contribution >= 0.6 is 11.3 Å². The molecule has 2 heterocycles. The second-order valence-corrected chi connectivity index (χ2v) is 7.29. The van der Waals surface area contributed by atoms with Gasteiger partial charge in [-0.05, 0) is 12.8 Å². The molecule has 0 bridgehead atoms. The lowest BCUT2D eigenvalue weighted by molar-refractivity contribution is -0.137. The number of aliphatic carboxylic acids is 1. The van der Waals surface area contributed by atoms with Gasteiger partial charge in [0.05, 0.1) is 12.1 Å². The summed E-state index contributed by atoms with van der Waals surface area (Å²) in [6, 6.07) is 7.89. The number of thiazole rings is 1. The highest BCUT2D eigenvalue weighted by molar-refractivity contribution is 7.14. The number of carboxylic acids is 1. The van der Waals surface area contributed by atoms with Gasteiger partial charge in [-0.1, -0.05) is 24.3 Å². The molecule has 1 fully saturated rings. The number of nitrogens with two attached hydrogens (primary N) is 1. The fourth-order valence-electron chi connectivity index (χ4n) is 3.02. The molecule has 0 saturated carbocycles. The van der Waals surface area contributed by atoms with Crippen LogP contribution in [0.25, 0.3) is 11.3 Å². The van der Waals surface area contributed by atoms with Crippen molar-refractivity contribution in [3.63, 3.8) is 0 Å². The summed E-state index contributed by atoms with van der Waals surface area (Å²) in [5.41, 5.74) is 8.10. The van der Waals surface area contributed by atoms with Crippen LogP contribution in [0.5, 0.6) is 0 Å². The Hall–Kier alpha value is -2.45. The van der Waals surface area contributed by atoms with Crippen molar-refractivity contribution in [3.8, 4) is 11.3 Å². The molecule has 0 spiro atoms. The van der Waals surface area contributed by atoms with Gasteiger partial charge in [-0.3, -0.25) is 10.2 Å². The van der Waals surface area contributed by atoms with E-state index in [-0.39, 0.29) is 12.3 Å². The monoisotopic (exact) mass is 373 g/mol. The minimum absolute atomic E-state index is 0.0619. The molecule has 0 aliphatic carbocycles. The first kappa shape index (κ1) is 18.3. The minimum Gasteiger partial charge on any atom is -0.481 e. The molecule has 1 aliphatic rings. The van der Waals surface area contributed by atoms with Crippen LogP contribution in [0.3, 0.4) is 0 Å². The lowest BCUT2D eigenvalue weighted by Gasteiger charge is -2.31. The molecule has 5 N–H and O–H groups in total. The average Bonchev–Trinajstić information content (AvgIpc) is 3.09. The first-order valence-electron chi connectivity index (χ1n) is 8.62. The minimum atomic E-state index is -0.739. The summed E-state index contributed by atoms with van der Waals surface area (Å²) in [6.45, 7) is 2.45. The van der Waals surface area contributed by atoms with Gasteiger partial charge >= 0.3 is 5.97 Å². The average molecular weight is 373 g/mol. The van der Waals surface area contributed by atoms with E-state index in [9.17, 15) is 4.79 Å². The number of rotatable bonds is 7. The Morgan fingerprint density at radius 2 is 2.04 bits per heavy atom. The fourth-order valence-corrected chi connectivity index (χ4v) is 3.82. The molecule has 26 heavy (non-hydrogen) atoms. The van der Waals surface area contributed by atoms with Crippen LogP contribution in [0.4, 0.5) is 5.13 Å². The molecular formula is C18H23N5O2S. The molecule has 1 aromatic heterocycles. The van der Waals surface area contributed by atoms with Gasteiger partial charge in [-0.2, -0.15) is 0 Å². The summed E-state index contributed by atoms with van der Waals surface area (Å²) in [6.07, 6.45) is 2.18. The molecule has 0 atom stereocenters. The van der Waals surface area contributed by atoms with E-state index >= 15 is 0 Å². The van der Waals surface area contributed by atoms with Gasteiger partial charge in [0.1, 0.15) is 5.84 Å². The highest BCUT2D eigenvalue weighted by Gasteiger charge is 2.20. The summed E-state index contributed by atoms with van der Waals surface area (Å²) in [4.78, 5) is 17.5. The van der Waals surface area contributed by atoms with Crippen LogP contribution in [0.2, 0.25) is 0 Å². The molecular weight excluding hydrogens is 350 g/mol. The number of likely N-dealkylation sites (tertiary alicyclic amines) is 1. The Kier molecular flexibility index (Phi) is 5.85. The van der Waals surface area contributed by atoms with Crippen LogP contribution in [0, 0.1) is 5.41 Å². The van der Waals surface area contributed by atoms with Crippen molar-refractivity contribution < 1.29 is 9.90 Å². The van der Waals surface area contributed by atoms with Gasteiger partial charge < -0.3 is 21.1 Å². The van der Waals surface area contributed by atoms with Crippen molar-refractivity contribution in [3.05, 3.63) is 35.2 Å². The SMILES string of the molecule is N=C(N)c1ccc(-c2csc(NC3CCN(CCC(=O)O)CC3)n2)cc1. The van der Waals surface area contributed by atoms with Gasteiger partial charge in [0, 0.05) is 42.2 Å². The lowest BCUT2D eigenvalue weighted by atomic mass is 10.1. The molecule has 7 nitrogen and oxygen atoms in total. The maximum Gasteiger partial charge on any atom is 0.304 e. The van der Waals surface area contributed by atoms with Crippen molar-refractivity contribution in [2.45, 2.75) is 25.3 Å². The van der Waals surface area contributed by atoms with E-state index in [0.29, 0.717) is 18.2 Å². The highest BCUT2D eigenvalue weighted by Crippen LogP contribution is 2.27. The molecule has 1 saturated heterocycles. The van der Waals surface area contributed by atoms with E-state index < -0.39 is 5.97 Å². The molecule has 3 rings (SSSR count). The Morgan fingerprint density at radius 3 is 2.65 bits per heavy atom. The number of aromatic nitrogens is 1. The van der Waals surface area contributed by atoms with E-state index in [4.69, 9.17) is 16.2 Å². The summed E-state index contributed by atoms with van der Waals surface area (Å²) in [5.74, 6) is -0.677. The Bertz CT molecular complexity index is 766. The predicted octanol–water partition coefficient (Wildman–Crippen LogP) is 2.45. The number of amidine groups is 1. The highest BCUT2D eigenvalue weighted by atomic mass is 32.1. The largest absolute Gasteiger partial charge is 0.481 e. The number of nitrogens with one attached hydrogen (secondary N) is 2. The number of nitrogens with zero attached hydrogens (tertiary/aromatic N) is 2. The molecule has 0 unspecified atom stereocenters. The third-order valence-corrected chi connectivity index (χ3v) is 5.33. The second kappa shape index (κ2) is 8.29. The lowest BCUT2D eigenvalue weighted by Crippen LogP contribution is -2.39. The van der Waals surface area contributed by atoms with Gasteiger partial charge in [-0.25, -0.2) is 4.98 Å². The zero-order valence-electron chi connectivity index (χ0n) is 14.4.